The minimum absolute atomic E-state index is 0.0436. The fourth-order valence-electron chi connectivity index (χ4n) is 3.02. The van der Waals surface area contributed by atoms with Gasteiger partial charge in [-0.15, -0.1) is 0 Å². The number of Topliss-reactive ketones (excluding diaryl/α,β-unsaturated/α-hetero) is 1. The fourth-order valence-corrected chi connectivity index (χ4v) is 3.32. The predicted molar refractivity (Wildman–Crippen MR) is 86.5 cm³/mol. The molecule has 0 saturated carbocycles. The molecule has 0 aromatic heterocycles. The van der Waals surface area contributed by atoms with Crippen LogP contribution >= 0.6 is 23.2 Å². The van der Waals surface area contributed by atoms with Crippen LogP contribution in [0.1, 0.15) is 38.1 Å². The summed E-state index contributed by atoms with van der Waals surface area (Å²) in [5.41, 5.74) is 0.0609. The number of hydrogen-bond donors (Lipinski definition) is 0. The number of carbonyl (C=O) groups excluding carboxylic acids is 1. The standard InChI is InChI=1S/C16H21Cl2NO2/c1-15(2)9-19(10-16(3,4)21-15)8-14(20)11-5-6-12(17)13(18)7-11/h5-7H,8-10H2,1-4H3. The number of ketones is 1. The van der Waals surface area contributed by atoms with Gasteiger partial charge in [-0.1, -0.05) is 23.2 Å². The van der Waals surface area contributed by atoms with Crippen molar-refractivity contribution in [2.45, 2.75) is 38.9 Å². The monoisotopic (exact) mass is 329 g/mol. The maximum atomic E-state index is 12.4. The molecule has 0 spiro atoms. The van der Waals surface area contributed by atoms with Crippen LogP contribution in [-0.2, 0) is 4.74 Å². The first-order chi connectivity index (χ1) is 9.58. The van der Waals surface area contributed by atoms with Crippen LogP contribution in [-0.4, -0.2) is 41.5 Å². The Balaban J connectivity index is 2.10. The largest absolute Gasteiger partial charge is 0.367 e. The first kappa shape index (κ1) is 16.8. The molecule has 116 valence electrons. The molecule has 0 atom stereocenters. The van der Waals surface area contributed by atoms with Gasteiger partial charge in [0.1, 0.15) is 0 Å². The lowest BCUT2D eigenvalue weighted by molar-refractivity contribution is -0.178. The van der Waals surface area contributed by atoms with Crippen LogP contribution in [0.25, 0.3) is 0 Å². The average Bonchev–Trinajstić information content (AvgIpc) is 2.28. The third kappa shape index (κ3) is 4.43. The summed E-state index contributed by atoms with van der Waals surface area (Å²) in [5, 5.41) is 0.868. The van der Waals surface area contributed by atoms with Crippen LogP contribution < -0.4 is 0 Å². The van der Waals surface area contributed by atoms with Crippen molar-refractivity contribution in [1.29, 1.82) is 0 Å². The van der Waals surface area contributed by atoms with Crippen LogP contribution in [0.15, 0.2) is 18.2 Å². The van der Waals surface area contributed by atoms with Gasteiger partial charge in [0, 0.05) is 18.7 Å². The molecule has 1 aromatic rings. The molecule has 1 fully saturated rings. The van der Waals surface area contributed by atoms with Gasteiger partial charge in [-0.25, -0.2) is 0 Å². The predicted octanol–water partition coefficient (Wildman–Crippen LogP) is 4.07. The molecule has 3 nitrogen and oxygen atoms in total. The molecular formula is C16H21Cl2NO2. The van der Waals surface area contributed by atoms with Crippen molar-refractivity contribution in [2.75, 3.05) is 19.6 Å². The second-order valence-electron chi connectivity index (χ2n) is 6.82. The molecule has 0 aliphatic carbocycles. The van der Waals surface area contributed by atoms with Crippen molar-refractivity contribution in [2.24, 2.45) is 0 Å². The van der Waals surface area contributed by atoms with Crippen LogP contribution in [0.2, 0.25) is 10.0 Å². The molecule has 21 heavy (non-hydrogen) atoms. The molecule has 5 heteroatoms. The van der Waals surface area contributed by atoms with Gasteiger partial charge in [0.25, 0.3) is 0 Å². The quantitative estimate of drug-likeness (QED) is 0.783. The van der Waals surface area contributed by atoms with E-state index in [9.17, 15) is 4.79 Å². The van der Waals surface area contributed by atoms with E-state index in [0.29, 0.717) is 22.2 Å². The molecule has 1 heterocycles. The van der Waals surface area contributed by atoms with Crippen molar-refractivity contribution in [3.8, 4) is 0 Å². The molecule has 1 aliphatic rings. The van der Waals surface area contributed by atoms with Gasteiger partial charge in [-0.3, -0.25) is 9.69 Å². The van der Waals surface area contributed by atoms with E-state index < -0.39 is 0 Å². The second kappa shape index (κ2) is 5.88. The van der Waals surface area contributed by atoms with E-state index in [4.69, 9.17) is 27.9 Å². The molecule has 0 bridgehead atoms. The lowest BCUT2D eigenvalue weighted by Gasteiger charge is -2.47. The number of morpholine rings is 1. The number of halogens is 2. The van der Waals surface area contributed by atoms with Gasteiger partial charge in [0.2, 0.25) is 0 Å². The van der Waals surface area contributed by atoms with E-state index in [1.165, 1.54) is 0 Å². The van der Waals surface area contributed by atoms with Gasteiger partial charge < -0.3 is 4.74 Å². The Morgan fingerprint density at radius 3 is 2.24 bits per heavy atom. The Bertz CT molecular complexity index is 539. The highest BCUT2D eigenvalue weighted by atomic mass is 35.5. The zero-order valence-corrected chi connectivity index (χ0v) is 14.4. The Labute approximate surface area is 136 Å². The van der Waals surface area contributed by atoms with Crippen molar-refractivity contribution < 1.29 is 9.53 Å². The topological polar surface area (TPSA) is 29.5 Å². The number of hydrogen-bond acceptors (Lipinski definition) is 3. The van der Waals surface area contributed by atoms with Crippen LogP contribution in [0, 0.1) is 0 Å². The van der Waals surface area contributed by atoms with Crippen LogP contribution in [0.5, 0.6) is 0 Å². The highest BCUT2D eigenvalue weighted by molar-refractivity contribution is 6.42. The summed E-state index contributed by atoms with van der Waals surface area (Å²) in [6, 6.07) is 5.00. The summed E-state index contributed by atoms with van der Waals surface area (Å²) in [5.74, 6) is 0.0436. The zero-order valence-electron chi connectivity index (χ0n) is 12.9. The summed E-state index contributed by atoms with van der Waals surface area (Å²) in [6.45, 7) is 9.99. The van der Waals surface area contributed by atoms with Crippen molar-refractivity contribution >= 4 is 29.0 Å². The summed E-state index contributed by atoms with van der Waals surface area (Å²) < 4.78 is 6.02. The number of benzene rings is 1. The van der Waals surface area contributed by atoms with Gasteiger partial charge >= 0.3 is 0 Å². The second-order valence-corrected chi connectivity index (χ2v) is 7.63. The first-order valence-corrected chi connectivity index (χ1v) is 7.74. The van der Waals surface area contributed by atoms with Crippen LogP contribution in [0.4, 0.5) is 0 Å². The zero-order chi connectivity index (χ0) is 15.8. The molecule has 0 unspecified atom stereocenters. The molecule has 1 aromatic carbocycles. The lowest BCUT2D eigenvalue weighted by Crippen LogP contribution is -2.58. The summed E-state index contributed by atoms with van der Waals surface area (Å²) in [4.78, 5) is 14.5. The molecule has 1 aliphatic heterocycles. The number of nitrogens with zero attached hydrogens (tertiary/aromatic N) is 1. The Hall–Kier alpha value is -0.610. The van der Waals surface area contributed by atoms with E-state index in [2.05, 4.69) is 4.90 Å². The first-order valence-electron chi connectivity index (χ1n) is 6.99. The third-order valence-electron chi connectivity index (χ3n) is 3.37. The SMILES string of the molecule is CC1(C)CN(CC(=O)c2ccc(Cl)c(Cl)c2)CC(C)(C)O1. The van der Waals surface area contributed by atoms with E-state index in [1.54, 1.807) is 18.2 Å². The smallest absolute Gasteiger partial charge is 0.176 e. The highest BCUT2D eigenvalue weighted by Gasteiger charge is 2.38. The van der Waals surface area contributed by atoms with E-state index in [0.717, 1.165) is 13.1 Å². The normalized spacial score (nSPS) is 21.2. The minimum atomic E-state index is -0.264. The molecule has 0 N–H and O–H groups in total. The molecule has 0 radical (unpaired) electrons. The van der Waals surface area contributed by atoms with E-state index in [-0.39, 0.29) is 17.0 Å². The number of ether oxygens (including phenoxy) is 1. The molecular weight excluding hydrogens is 309 g/mol. The van der Waals surface area contributed by atoms with Gasteiger partial charge in [0.15, 0.2) is 5.78 Å². The molecule has 0 amide bonds. The average molecular weight is 330 g/mol. The van der Waals surface area contributed by atoms with Crippen molar-refractivity contribution in [3.63, 3.8) is 0 Å². The summed E-state index contributed by atoms with van der Waals surface area (Å²) >= 11 is 11.9. The Kier molecular flexibility index (Phi) is 4.69. The van der Waals surface area contributed by atoms with Crippen molar-refractivity contribution in [3.05, 3.63) is 33.8 Å². The highest BCUT2D eigenvalue weighted by Crippen LogP contribution is 2.28. The number of rotatable bonds is 3. The van der Waals surface area contributed by atoms with E-state index >= 15 is 0 Å². The lowest BCUT2D eigenvalue weighted by atomic mass is 9.98. The van der Waals surface area contributed by atoms with Gasteiger partial charge in [0.05, 0.1) is 27.8 Å². The Morgan fingerprint density at radius 2 is 1.71 bits per heavy atom. The third-order valence-corrected chi connectivity index (χ3v) is 4.11. The minimum Gasteiger partial charge on any atom is -0.367 e. The maximum Gasteiger partial charge on any atom is 0.176 e. The summed E-state index contributed by atoms with van der Waals surface area (Å²) in [7, 11) is 0. The molecule has 1 saturated heterocycles. The summed E-state index contributed by atoms with van der Waals surface area (Å²) in [6.07, 6.45) is 0. The molecule has 2 rings (SSSR count). The fraction of sp³-hybridized carbons (Fsp3) is 0.562. The van der Waals surface area contributed by atoms with Crippen LogP contribution in [0.3, 0.4) is 0 Å². The Morgan fingerprint density at radius 1 is 1.14 bits per heavy atom. The van der Waals surface area contributed by atoms with Crippen molar-refractivity contribution in [1.82, 2.24) is 4.90 Å². The van der Waals surface area contributed by atoms with E-state index in [1.807, 2.05) is 27.7 Å². The number of carbonyl (C=O) groups is 1. The van der Waals surface area contributed by atoms with Gasteiger partial charge in [-0.2, -0.15) is 0 Å². The van der Waals surface area contributed by atoms with Gasteiger partial charge in [-0.05, 0) is 45.9 Å². The maximum absolute atomic E-state index is 12.4.